The van der Waals surface area contributed by atoms with Crippen LogP contribution in [0.25, 0.3) is 0 Å². The van der Waals surface area contributed by atoms with Gasteiger partial charge in [-0.3, -0.25) is 0 Å². The summed E-state index contributed by atoms with van der Waals surface area (Å²) in [6.45, 7) is 2.26. The van der Waals surface area contributed by atoms with Gasteiger partial charge >= 0.3 is 0 Å². The maximum Gasteiger partial charge on any atom is 0.0148 e. The zero-order valence-corrected chi connectivity index (χ0v) is 9.49. The Balaban J connectivity index is 2.32. The second-order valence-corrected chi connectivity index (χ2v) is 5.94. The summed E-state index contributed by atoms with van der Waals surface area (Å²) in [5.74, 6) is 0.901. The average molecular weight is 270 g/mol. The molecule has 0 nitrogen and oxygen atoms in total. The third-order valence-electron chi connectivity index (χ3n) is 2.30. The van der Waals surface area contributed by atoms with Crippen LogP contribution in [0, 0.1) is 5.92 Å². The Morgan fingerprint density at radius 1 is 1.40 bits per heavy atom. The topological polar surface area (TPSA) is 0 Å². The van der Waals surface area contributed by atoms with Crippen molar-refractivity contribution in [2.45, 2.75) is 42.3 Å². The molecule has 1 saturated carbocycles. The molecule has 0 N–H and O–H groups in total. The zero-order valence-electron chi connectivity index (χ0n) is 6.32. The molecule has 3 unspecified atom stereocenters. The lowest BCUT2D eigenvalue weighted by molar-refractivity contribution is 0.371. The maximum atomic E-state index is 3.68. The van der Waals surface area contributed by atoms with E-state index in [0.717, 1.165) is 10.7 Å². The standard InChI is InChI=1S/C8H14Br2/c1-6(9)7-3-2-4-8(10)5-7/h6-8H,2-5H2,1H3. The van der Waals surface area contributed by atoms with Gasteiger partial charge < -0.3 is 0 Å². The van der Waals surface area contributed by atoms with Gasteiger partial charge in [-0.15, -0.1) is 0 Å². The fourth-order valence-corrected chi connectivity index (χ4v) is 2.87. The Kier molecular flexibility index (Phi) is 3.71. The fourth-order valence-electron chi connectivity index (χ4n) is 1.58. The van der Waals surface area contributed by atoms with Crippen LogP contribution in [-0.2, 0) is 0 Å². The molecule has 60 valence electrons. The van der Waals surface area contributed by atoms with Crippen LogP contribution < -0.4 is 0 Å². The van der Waals surface area contributed by atoms with E-state index in [9.17, 15) is 0 Å². The Hall–Kier alpha value is 0.960. The van der Waals surface area contributed by atoms with E-state index in [-0.39, 0.29) is 0 Å². The van der Waals surface area contributed by atoms with Crippen LogP contribution in [0.2, 0.25) is 0 Å². The first-order valence-electron chi connectivity index (χ1n) is 3.98. The van der Waals surface area contributed by atoms with Gasteiger partial charge in [-0.05, 0) is 25.2 Å². The van der Waals surface area contributed by atoms with Gasteiger partial charge in [0.05, 0.1) is 0 Å². The molecule has 0 saturated heterocycles. The van der Waals surface area contributed by atoms with Crippen molar-refractivity contribution in [1.82, 2.24) is 0 Å². The molecule has 2 heteroatoms. The van der Waals surface area contributed by atoms with E-state index in [1.54, 1.807) is 0 Å². The van der Waals surface area contributed by atoms with Crippen molar-refractivity contribution >= 4 is 31.9 Å². The summed E-state index contributed by atoms with van der Waals surface area (Å²) >= 11 is 7.32. The van der Waals surface area contributed by atoms with Gasteiger partial charge in [0.25, 0.3) is 0 Å². The third-order valence-corrected chi connectivity index (χ3v) is 3.88. The van der Waals surface area contributed by atoms with Crippen molar-refractivity contribution in [1.29, 1.82) is 0 Å². The van der Waals surface area contributed by atoms with Gasteiger partial charge in [0.1, 0.15) is 0 Å². The lowest BCUT2D eigenvalue weighted by Gasteiger charge is -2.27. The molecule has 0 aliphatic heterocycles. The molecule has 10 heavy (non-hydrogen) atoms. The van der Waals surface area contributed by atoms with Gasteiger partial charge in [-0.25, -0.2) is 0 Å². The fraction of sp³-hybridized carbons (Fsp3) is 1.00. The van der Waals surface area contributed by atoms with Gasteiger partial charge in [0.2, 0.25) is 0 Å². The molecule has 0 heterocycles. The molecular weight excluding hydrogens is 256 g/mol. The Morgan fingerprint density at radius 3 is 2.50 bits per heavy atom. The van der Waals surface area contributed by atoms with E-state index in [0.29, 0.717) is 4.83 Å². The highest BCUT2D eigenvalue weighted by atomic mass is 79.9. The molecule has 0 bridgehead atoms. The smallest absolute Gasteiger partial charge is 0.0148 e. The summed E-state index contributed by atoms with van der Waals surface area (Å²) in [5, 5.41) is 0. The number of alkyl halides is 2. The molecule has 0 radical (unpaired) electrons. The van der Waals surface area contributed by atoms with Crippen molar-refractivity contribution in [2.75, 3.05) is 0 Å². The highest BCUT2D eigenvalue weighted by Crippen LogP contribution is 2.33. The number of hydrogen-bond acceptors (Lipinski definition) is 0. The van der Waals surface area contributed by atoms with Crippen molar-refractivity contribution in [3.63, 3.8) is 0 Å². The lowest BCUT2D eigenvalue weighted by atomic mass is 9.87. The van der Waals surface area contributed by atoms with Crippen LogP contribution in [0.15, 0.2) is 0 Å². The van der Waals surface area contributed by atoms with Gasteiger partial charge in [-0.2, -0.15) is 0 Å². The first-order chi connectivity index (χ1) is 4.70. The average Bonchev–Trinajstić information content (AvgIpc) is 1.88. The van der Waals surface area contributed by atoms with Crippen LogP contribution in [0.3, 0.4) is 0 Å². The molecule has 0 spiro atoms. The quantitative estimate of drug-likeness (QED) is 0.637. The molecule has 3 atom stereocenters. The van der Waals surface area contributed by atoms with Gasteiger partial charge in [0.15, 0.2) is 0 Å². The van der Waals surface area contributed by atoms with E-state index in [1.807, 2.05) is 0 Å². The molecule has 1 aliphatic rings. The van der Waals surface area contributed by atoms with Crippen LogP contribution >= 0.6 is 31.9 Å². The predicted molar refractivity (Wildman–Crippen MR) is 53.1 cm³/mol. The summed E-state index contributed by atoms with van der Waals surface area (Å²) in [7, 11) is 0. The van der Waals surface area contributed by atoms with Crippen molar-refractivity contribution in [2.24, 2.45) is 5.92 Å². The summed E-state index contributed by atoms with van der Waals surface area (Å²) in [6.07, 6.45) is 5.54. The Labute approximate surface area is 80.0 Å². The SMILES string of the molecule is CC(Br)C1CCCC(Br)C1. The van der Waals surface area contributed by atoms with Crippen molar-refractivity contribution in [3.8, 4) is 0 Å². The van der Waals surface area contributed by atoms with E-state index in [1.165, 1.54) is 25.7 Å². The van der Waals surface area contributed by atoms with E-state index >= 15 is 0 Å². The normalized spacial score (nSPS) is 37.5. The van der Waals surface area contributed by atoms with Crippen LogP contribution in [0.5, 0.6) is 0 Å². The number of rotatable bonds is 1. The summed E-state index contributed by atoms with van der Waals surface area (Å²) in [6, 6.07) is 0. The number of halogens is 2. The number of hydrogen-bond donors (Lipinski definition) is 0. The summed E-state index contributed by atoms with van der Waals surface area (Å²) < 4.78 is 0. The third kappa shape index (κ3) is 2.54. The van der Waals surface area contributed by atoms with E-state index < -0.39 is 0 Å². The molecular formula is C8H14Br2. The largest absolute Gasteiger partial charge is 0.0891 e. The maximum absolute atomic E-state index is 3.68. The summed E-state index contributed by atoms with van der Waals surface area (Å²) in [4.78, 5) is 1.49. The van der Waals surface area contributed by atoms with Crippen molar-refractivity contribution < 1.29 is 0 Å². The van der Waals surface area contributed by atoms with Gasteiger partial charge in [0, 0.05) is 9.65 Å². The van der Waals surface area contributed by atoms with Crippen LogP contribution in [-0.4, -0.2) is 9.65 Å². The molecule has 0 aromatic heterocycles. The highest BCUT2D eigenvalue weighted by molar-refractivity contribution is 9.09. The molecule has 1 aliphatic carbocycles. The molecule has 0 amide bonds. The Morgan fingerprint density at radius 2 is 2.10 bits per heavy atom. The lowest BCUT2D eigenvalue weighted by Crippen LogP contribution is -2.20. The minimum atomic E-state index is 0.702. The second kappa shape index (κ2) is 4.10. The highest BCUT2D eigenvalue weighted by Gasteiger charge is 2.22. The molecule has 1 rings (SSSR count). The van der Waals surface area contributed by atoms with Crippen LogP contribution in [0.1, 0.15) is 32.6 Å². The van der Waals surface area contributed by atoms with Crippen molar-refractivity contribution in [3.05, 3.63) is 0 Å². The predicted octanol–water partition coefficient (Wildman–Crippen LogP) is 3.72. The van der Waals surface area contributed by atoms with E-state index in [2.05, 4.69) is 38.8 Å². The molecule has 1 fully saturated rings. The van der Waals surface area contributed by atoms with Gasteiger partial charge in [-0.1, -0.05) is 45.2 Å². The van der Waals surface area contributed by atoms with Crippen LogP contribution in [0.4, 0.5) is 0 Å². The molecule has 0 aromatic rings. The molecule has 0 aromatic carbocycles. The Bertz CT molecular complexity index is 101. The first-order valence-corrected chi connectivity index (χ1v) is 5.81. The minimum Gasteiger partial charge on any atom is -0.0891 e. The second-order valence-electron chi connectivity index (χ2n) is 3.20. The minimum absolute atomic E-state index is 0.702. The zero-order chi connectivity index (χ0) is 7.56. The van der Waals surface area contributed by atoms with E-state index in [4.69, 9.17) is 0 Å². The first kappa shape index (κ1) is 9.05. The summed E-state index contributed by atoms with van der Waals surface area (Å²) in [5.41, 5.74) is 0. The monoisotopic (exact) mass is 268 g/mol.